The van der Waals surface area contributed by atoms with E-state index in [4.69, 9.17) is 10.0 Å². The van der Waals surface area contributed by atoms with E-state index >= 15 is 0 Å². The van der Waals surface area contributed by atoms with Crippen LogP contribution in [0.1, 0.15) is 25.1 Å². The molecule has 0 saturated carbocycles. The standard InChI is InChI=1S/C10H15BN4O2/c16-11(17)5-3-1-2-4-9-14-8-6-12-7-13-10(8)15-9/h6-7,16-17H,1-5H2,(H,12,13,14,15). The quantitative estimate of drug-likeness (QED) is 0.500. The maximum Gasteiger partial charge on any atom is 0.451 e. The number of aromatic amines is 1. The molecular weight excluding hydrogens is 219 g/mol. The predicted octanol–water partition coefficient (Wildman–Crippen LogP) is 0.538. The molecule has 2 aromatic rings. The van der Waals surface area contributed by atoms with E-state index in [1.165, 1.54) is 6.33 Å². The summed E-state index contributed by atoms with van der Waals surface area (Å²) in [5, 5.41) is 17.4. The van der Waals surface area contributed by atoms with Crippen molar-refractivity contribution in [1.29, 1.82) is 0 Å². The molecule has 0 aliphatic carbocycles. The SMILES string of the molecule is OB(O)CCCCCc1nc2ncncc2[nH]1. The Morgan fingerprint density at radius 2 is 2.12 bits per heavy atom. The summed E-state index contributed by atoms with van der Waals surface area (Å²) in [7, 11) is -1.18. The van der Waals surface area contributed by atoms with Crippen molar-refractivity contribution in [1.82, 2.24) is 19.9 Å². The first-order chi connectivity index (χ1) is 8.25. The average Bonchev–Trinajstić information content (AvgIpc) is 2.70. The van der Waals surface area contributed by atoms with Gasteiger partial charge in [-0.15, -0.1) is 0 Å². The number of H-pyrrole nitrogens is 1. The molecule has 2 aromatic heterocycles. The van der Waals surface area contributed by atoms with E-state index in [9.17, 15) is 0 Å². The second-order valence-electron chi connectivity index (χ2n) is 4.02. The molecule has 0 aliphatic heterocycles. The molecule has 0 amide bonds. The summed E-state index contributed by atoms with van der Waals surface area (Å²) >= 11 is 0. The third-order valence-electron chi connectivity index (χ3n) is 2.59. The van der Waals surface area contributed by atoms with E-state index in [-0.39, 0.29) is 0 Å². The Morgan fingerprint density at radius 3 is 2.88 bits per heavy atom. The molecule has 0 spiro atoms. The number of unbranched alkanes of at least 4 members (excludes halogenated alkanes) is 2. The number of hydrogen-bond donors (Lipinski definition) is 3. The molecular formula is C10H15BN4O2. The van der Waals surface area contributed by atoms with Gasteiger partial charge in [-0.25, -0.2) is 15.0 Å². The van der Waals surface area contributed by atoms with Crippen LogP contribution in [-0.2, 0) is 6.42 Å². The summed E-state index contributed by atoms with van der Waals surface area (Å²) in [4.78, 5) is 15.5. The van der Waals surface area contributed by atoms with Crippen molar-refractivity contribution < 1.29 is 10.0 Å². The fourth-order valence-corrected chi connectivity index (χ4v) is 1.73. The van der Waals surface area contributed by atoms with Crippen molar-refractivity contribution >= 4 is 18.3 Å². The smallest absolute Gasteiger partial charge is 0.427 e. The van der Waals surface area contributed by atoms with E-state index in [0.29, 0.717) is 12.0 Å². The average molecular weight is 234 g/mol. The Hall–Kier alpha value is -1.47. The van der Waals surface area contributed by atoms with Gasteiger partial charge in [0.1, 0.15) is 17.7 Å². The normalized spacial score (nSPS) is 10.9. The number of nitrogens with one attached hydrogen (secondary N) is 1. The van der Waals surface area contributed by atoms with E-state index in [2.05, 4.69) is 19.9 Å². The number of nitrogens with zero attached hydrogens (tertiary/aromatic N) is 3. The summed E-state index contributed by atoms with van der Waals surface area (Å²) in [5.74, 6) is 0.907. The van der Waals surface area contributed by atoms with Gasteiger partial charge in [0.2, 0.25) is 0 Å². The lowest BCUT2D eigenvalue weighted by Crippen LogP contribution is -2.09. The molecule has 2 heterocycles. The summed E-state index contributed by atoms with van der Waals surface area (Å²) in [5.41, 5.74) is 1.55. The summed E-state index contributed by atoms with van der Waals surface area (Å²) in [6.45, 7) is 0. The minimum Gasteiger partial charge on any atom is -0.427 e. The van der Waals surface area contributed by atoms with Gasteiger partial charge in [0.25, 0.3) is 0 Å². The first-order valence-electron chi connectivity index (χ1n) is 5.76. The van der Waals surface area contributed by atoms with Crippen LogP contribution in [-0.4, -0.2) is 37.1 Å². The number of aromatic nitrogens is 4. The zero-order valence-corrected chi connectivity index (χ0v) is 9.50. The lowest BCUT2D eigenvalue weighted by atomic mass is 9.83. The van der Waals surface area contributed by atoms with Crippen LogP contribution in [0, 0.1) is 0 Å². The zero-order valence-electron chi connectivity index (χ0n) is 9.50. The van der Waals surface area contributed by atoms with E-state index in [1.807, 2.05) is 0 Å². The van der Waals surface area contributed by atoms with Crippen molar-refractivity contribution in [3.8, 4) is 0 Å². The fourth-order valence-electron chi connectivity index (χ4n) is 1.73. The van der Waals surface area contributed by atoms with Gasteiger partial charge >= 0.3 is 7.12 Å². The van der Waals surface area contributed by atoms with Crippen LogP contribution < -0.4 is 0 Å². The van der Waals surface area contributed by atoms with Gasteiger partial charge in [0.05, 0.1) is 6.20 Å². The van der Waals surface area contributed by atoms with Gasteiger partial charge in [-0.3, -0.25) is 0 Å². The van der Waals surface area contributed by atoms with Crippen LogP contribution in [0.15, 0.2) is 12.5 Å². The molecule has 7 heteroatoms. The van der Waals surface area contributed by atoms with Crippen molar-refractivity contribution in [2.24, 2.45) is 0 Å². The summed E-state index contributed by atoms with van der Waals surface area (Å²) in [6, 6.07) is 0. The second kappa shape index (κ2) is 5.74. The number of fused-ring (bicyclic) bond motifs is 1. The first-order valence-corrected chi connectivity index (χ1v) is 5.76. The van der Waals surface area contributed by atoms with Crippen LogP contribution in [0.3, 0.4) is 0 Å². The number of aryl methyl sites for hydroxylation is 1. The minimum atomic E-state index is -1.18. The first kappa shape index (κ1) is 12.0. The summed E-state index contributed by atoms with van der Waals surface area (Å²) in [6.07, 6.45) is 7.22. The molecule has 90 valence electrons. The number of imidazole rings is 1. The van der Waals surface area contributed by atoms with Crippen molar-refractivity contribution in [3.05, 3.63) is 18.3 Å². The Kier molecular flexibility index (Phi) is 4.05. The second-order valence-corrected chi connectivity index (χ2v) is 4.02. The molecule has 0 atom stereocenters. The predicted molar refractivity (Wildman–Crippen MR) is 64.2 cm³/mol. The molecule has 0 saturated heterocycles. The van der Waals surface area contributed by atoms with Gasteiger partial charge in [-0.1, -0.05) is 12.8 Å². The summed E-state index contributed by atoms with van der Waals surface area (Å²) < 4.78 is 0. The topological polar surface area (TPSA) is 94.9 Å². The Morgan fingerprint density at radius 1 is 1.24 bits per heavy atom. The monoisotopic (exact) mass is 234 g/mol. The van der Waals surface area contributed by atoms with Crippen LogP contribution in [0.2, 0.25) is 6.32 Å². The van der Waals surface area contributed by atoms with Crippen molar-refractivity contribution in [2.45, 2.75) is 32.0 Å². The minimum absolute atomic E-state index is 0.436. The van der Waals surface area contributed by atoms with Crippen LogP contribution >= 0.6 is 0 Å². The molecule has 0 aromatic carbocycles. The van der Waals surface area contributed by atoms with Crippen LogP contribution in [0.5, 0.6) is 0 Å². The third kappa shape index (κ3) is 3.50. The van der Waals surface area contributed by atoms with Gasteiger partial charge < -0.3 is 15.0 Å². The van der Waals surface area contributed by atoms with Crippen molar-refractivity contribution in [3.63, 3.8) is 0 Å². The highest BCUT2D eigenvalue weighted by atomic mass is 16.4. The number of hydrogen-bond acceptors (Lipinski definition) is 5. The largest absolute Gasteiger partial charge is 0.451 e. The van der Waals surface area contributed by atoms with Crippen LogP contribution in [0.25, 0.3) is 11.2 Å². The Bertz CT molecular complexity index is 441. The molecule has 0 aliphatic rings. The Balaban J connectivity index is 1.79. The van der Waals surface area contributed by atoms with Gasteiger partial charge in [-0.2, -0.15) is 0 Å². The highest BCUT2D eigenvalue weighted by Gasteiger charge is 2.06. The molecule has 0 fully saturated rings. The van der Waals surface area contributed by atoms with Gasteiger partial charge in [-0.05, 0) is 12.7 Å². The zero-order chi connectivity index (χ0) is 12.1. The van der Waals surface area contributed by atoms with Crippen molar-refractivity contribution in [2.75, 3.05) is 0 Å². The lowest BCUT2D eigenvalue weighted by Gasteiger charge is -1.98. The Labute approximate surface area is 99.3 Å². The maximum atomic E-state index is 8.69. The van der Waals surface area contributed by atoms with E-state index < -0.39 is 7.12 Å². The molecule has 6 nitrogen and oxygen atoms in total. The van der Waals surface area contributed by atoms with Gasteiger partial charge in [0, 0.05) is 6.42 Å². The molecule has 0 unspecified atom stereocenters. The third-order valence-corrected chi connectivity index (χ3v) is 2.59. The van der Waals surface area contributed by atoms with E-state index in [1.54, 1.807) is 6.20 Å². The molecule has 17 heavy (non-hydrogen) atoms. The van der Waals surface area contributed by atoms with E-state index in [0.717, 1.165) is 37.0 Å². The molecule has 0 radical (unpaired) electrons. The molecule has 3 N–H and O–H groups in total. The lowest BCUT2D eigenvalue weighted by molar-refractivity contribution is 0.401. The maximum absolute atomic E-state index is 8.69. The fraction of sp³-hybridized carbons (Fsp3) is 0.500. The van der Waals surface area contributed by atoms with Crippen LogP contribution in [0.4, 0.5) is 0 Å². The highest BCUT2D eigenvalue weighted by Crippen LogP contribution is 2.10. The highest BCUT2D eigenvalue weighted by molar-refractivity contribution is 6.40. The number of rotatable bonds is 6. The molecule has 2 rings (SSSR count). The van der Waals surface area contributed by atoms with Gasteiger partial charge in [0.15, 0.2) is 5.65 Å². The molecule has 0 bridgehead atoms.